The van der Waals surface area contributed by atoms with E-state index in [4.69, 9.17) is 23.2 Å². The summed E-state index contributed by atoms with van der Waals surface area (Å²) in [4.78, 5) is 26.7. The van der Waals surface area contributed by atoms with Crippen molar-refractivity contribution in [3.8, 4) is 0 Å². The van der Waals surface area contributed by atoms with E-state index in [2.05, 4.69) is 37.4 Å². The highest BCUT2D eigenvalue weighted by Crippen LogP contribution is 2.24. The fraction of sp³-hybridized carbons (Fsp3) is 0.364. The summed E-state index contributed by atoms with van der Waals surface area (Å²) in [6.07, 6.45) is 0. The van der Waals surface area contributed by atoms with Crippen LogP contribution in [0.5, 0.6) is 0 Å². The van der Waals surface area contributed by atoms with Crippen molar-refractivity contribution in [3.63, 3.8) is 0 Å². The van der Waals surface area contributed by atoms with Crippen LogP contribution in [0.4, 0.5) is 0 Å². The zero-order valence-corrected chi connectivity index (χ0v) is 19.4. The Kier molecular flexibility index (Phi) is 8.87. The topological polar surface area (TPSA) is 49.4 Å². The van der Waals surface area contributed by atoms with Gasteiger partial charge in [0.05, 0.1) is 5.75 Å². The second-order valence-corrected chi connectivity index (χ2v) is 8.87. The molecule has 29 heavy (non-hydrogen) atoms. The highest BCUT2D eigenvalue weighted by Gasteiger charge is 2.26. The van der Waals surface area contributed by atoms with Crippen molar-refractivity contribution in [2.24, 2.45) is 0 Å². The molecule has 4 nitrogen and oxygen atoms in total. The summed E-state index contributed by atoms with van der Waals surface area (Å²) >= 11 is 13.8. The van der Waals surface area contributed by atoms with E-state index in [1.807, 2.05) is 0 Å². The summed E-state index contributed by atoms with van der Waals surface area (Å²) in [5.74, 6) is 0.682. The summed E-state index contributed by atoms with van der Waals surface area (Å²) in [6, 6.07) is 10.9. The number of halogens is 2. The molecule has 0 spiro atoms. The number of nitrogens with zero attached hydrogens (tertiary/aromatic N) is 1. The van der Waals surface area contributed by atoms with Gasteiger partial charge in [0.1, 0.15) is 6.04 Å². The lowest BCUT2D eigenvalue weighted by Gasteiger charge is -2.28. The van der Waals surface area contributed by atoms with Crippen LogP contribution in [0.2, 0.25) is 10.0 Å². The summed E-state index contributed by atoms with van der Waals surface area (Å²) < 4.78 is 0. The molecule has 0 fully saturated rings. The Labute approximate surface area is 187 Å². The normalized spacial score (nSPS) is 11.8. The van der Waals surface area contributed by atoms with E-state index < -0.39 is 6.04 Å². The van der Waals surface area contributed by atoms with Crippen LogP contribution in [0, 0.1) is 13.8 Å². The number of likely N-dealkylation sites (N-methyl/N-ethyl adjacent to an activating group) is 1. The number of carbonyl (C=O) groups excluding carboxylic acids is 2. The molecule has 0 heterocycles. The van der Waals surface area contributed by atoms with Crippen LogP contribution in [0.3, 0.4) is 0 Å². The molecule has 2 rings (SSSR count). The van der Waals surface area contributed by atoms with E-state index in [1.165, 1.54) is 28.5 Å². The smallest absolute Gasteiger partial charge is 0.242 e. The van der Waals surface area contributed by atoms with E-state index in [0.717, 1.165) is 11.3 Å². The van der Waals surface area contributed by atoms with Crippen molar-refractivity contribution in [1.29, 1.82) is 0 Å². The first-order chi connectivity index (χ1) is 13.7. The van der Waals surface area contributed by atoms with Gasteiger partial charge < -0.3 is 10.2 Å². The highest BCUT2D eigenvalue weighted by molar-refractivity contribution is 7.99. The van der Waals surface area contributed by atoms with Crippen molar-refractivity contribution in [1.82, 2.24) is 10.2 Å². The standard InChI is InChI=1S/C22H26Cl2N2O2S/c1-14-7-15(2)9-17(8-14)12-29-13-21(27)26(16(3)22(28)25-4)11-18-5-6-19(23)10-20(18)24/h5-10,16H,11-13H2,1-4H3,(H,25,28). The molecule has 2 amide bonds. The third-order valence-corrected chi connectivity index (χ3v) is 6.12. The van der Waals surface area contributed by atoms with E-state index in [0.29, 0.717) is 10.0 Å². The molecular weight excluding hydrogens is 427 g/mol. The maximum atomic E-state index is 13.0. The van der Waals surface area contributed by atoms with Gasteiger partial charge in [-0.25, -0.2) is 0 Å². The van der Waals surface area contributed by atoms with Gasteiger partial charge in [0, 0.05) is 29.4 Å². The van der Waals surface area contributed by atoms with Gasteiger partial charge in [-0.15, -0.1) is 11.8 Å². The largest absolute Gasteiger partial charge is 0.357 e. The first kappa shape index (κ1) is 23.6. The van der Waals surface area contributed by atoms with Gasteiger partial charge >= 0.3 is 0 Å². The number of carbonyl (C=O) groups is 2. The van der Waals surface area contributed by atoms with Crippen molar-refractivity contribution in [3.05, 3.63) is 68.7 Å². The van der Waals surface area contributed by atoms with E-state index in [1.54, 1.807) is 37.1 Å². The molecule has 0 aromatic heterocycles. The lowest BCUT2D eigenvalue weighted by Crippen LogP contribution is -2.47. The van der Waals surface area contributed by atoms with Gasteiger partial charge in [-0.05, 0) is 44.0 Å². The molecule has 1 atom stereocenters. The predicted molar refractivity (Wildman–Crippen MR) is 123 cm³/mol. The van der Waals surface area contributed by atoms with Gasteiger partial charge in [-0.1, -0.05) is 58.6 Å². The van der Waals surface area contributed by atoms with Crippen LogP contribution in [0.15, 0.2) is 36.4 Å². The van der Waals surface area contributed by atoms with Gasteiger partial charge in [0.25, 0.3) is 0 Å². The predicted octanol–water partition coefficient (Wildman–Crippen LogP) is 5.01. The molecule has 0 aliphatic rings. The molecule has 0 radical (unpaired) electrons. The molecule has 2 aromatic rings. The second kappa shape index (κ2) is 10.9. The van der Waals surface area contributed by atoms with Crippen molar-refractivity contribution < 1.29 is 9.59 Å². The number of benzene rings is 2. The first-order valence-electron chi connectivity index (χ1n) is 9.31. The van der Waals surface area contributed by atoms with E-state index in [-0.39, 0.29) is 24.1 Å². The third kappa shape index (κ3) is 6.95. The Balaban J connectivity index is 2.10. The fourth-order valence-electron chi connectivity index (χ4n) is 3.12. The minimum absolute atomic E-state index is 0.110. The summed E-state index contributed by atoms with van der Waals surface area (Å²) in [5, 5.41) is 3.61. The SMILES string of the molecule is CNC(=O)C(C)N(Cc1ccc(Cl)cc1Cl)C(=O)CSCc1cc(C)cc(C)c1. The number of thioether (sulfide) groups is 1. The van der Waals surface area contributed by atoms with Crippen LogP contribution in [-0.2, 0) is 21.9 Å². The Hall–Kier alpha value is -1.69. The zero-order valence-electron chi connectivity index (χ0n) is 17.1. The molecule has 0 aliphatic carbocycles. The van der Waals surface area contributed by atoms with Crippen LogP contribution < -0.4 is 5.32 Å². The molecule has 7 heteroatoms. The molecule has 156 valence electrons. The zero-order chi connectivity index (χ0) is 21.6. The lowest BCUT2D eigenvalue weighted by molar-refractivity contribution is -0.138. The Morgan fingerprint density at radius 1 is 1.10 bits per heavy atom. The lowest BCUT2D eigenvalue weighted by atomic mass is 10.1. The Bertz CT molecular complexity index is 869. The maximum Gasteiger partial charge on any atom is 0.242 e. The molecular formula is C22H26Cl2N2O2S. The number of amides is 2. The van der Waals surface area contributed by atoms with Crippen LogP contribution in [-0.4, -0.2) is 35.6 Å². The number of hydrogen-bond donors (Lipinski definition) is 1. The van der Waals surface area contributed by atoms with E-state index in [9.17, 15) is 9.59 Å². The Morgan fingerprint density at radius 3 is 2.34 bits per heavy atom. The quantitative estimate of drug-likeness (QED) is 0.612. The average Bonchev–Trinajstić information content (AvgIpc) is 2.65. The Morgan fingerprint density at radius 2 is 1.76 bits per heavy atom. The first-order valence-corrected chi connectivity index (χ1v) is 11.2. The van der Waals surface area contributed by atoms with Crippen LogP contribution in [0.1, 0.15) is 29.2 Å². The minimum Gasteiger partial charge on any atom is -0.357 e. The monoisotopic (exact) mass is 452 g/mol. The summed E-state index contributed by atoms with van der Waals surface area (Å²) in [6.45, 7) is 6.09. The highest BCUT2D eigenvalue weighted by atomic mass is 35.5. The molecule has 0 saturated heterocycles. The van der Waals surface area contributed by atoms with E-state index >= 15 is 0 Å². The molecule has 0 saturated carbocycles. The second-order valence-electron chi connectivity index (χ2n) is 7.04. The number of hydrogen-bond acceptors (Lipinski definition) is 3. The van der Waals surface area contributed by atoms with Crippen molar-refractivity contribution in [2.45, 2.75) is 39.1 Å². The molecule has 0 aliphatic heterocycles. The molecule has 0 bridgehead atoms. The maximum absolute atomic E-state index is 13.0. The number of nitrogens with one attached hydrogen (secondary N) is 1. The minimum atomic E-state index is -0.610. The summed E-state index contributed by atoms with van der Waals surface area (Å²) in [5.41, 5.74) is 4.35. The number of rotatable bonds is 8. The number of aryl methyl sites for hydroxylation is 2. The van der Waals surface area contributed by atoms with Crippen molar-refractivity contribution in [2.75, 3.05) is 12.8 Å². The van der Waals surface area contributed by atoms with Crippen molar-refractivity contribution >= 4 is 46.8 Å². The molecule has 1 N–H and O–H groups in total. The molecule has 1 unspecified atom stereocenters. The fourth-order valence-corrected chi connectivity index (χ4v) is 4.43. The summed E-state index contributed by atoms with van der Waals surface area (Å²) in [7, 11) is 1.56. The third-order valence-electron chi connectivity index (χ3n) is 4.55. The van der Waals surface area contributed by atoms with Crippen LogP contribution in [0.25, 0.3) is 0 Å². The molecule has 2 aromatic carbocycles. The van der Waals surface area contributed by atoms with Gasteiger partial charge in [-0.3, -0.25) is 9.59 Å². The van der Waals surface area contributed by atoms with Crippen LogP contribution >= 0.6 is 35.0 Å². The van der Waals surface area contributed by atoms with Gasteiger partial charge in [0.2, 0.25) is 11.8 Å². The van der Waals surface area contributed by atoms with Gasteiger partial charge in [0.15, 0.2) is 0 Å². The average molecular weight is 453 g/mol. The van der Waals surface area contributed by atoms with Gasteiger partial charge in [-0.2, -0.15) is 0 Å².